The minimum Gasteiger partial charge on any atom is -0.457 e. The first kappa shape index (κ1) is 16.9. The molecule has 2 aromatic rings. The Morgan fingerprint density at radius 2 is 1.33 bits per heavy atom. The van der Waals surface area contributed by atoms with E-state index >= 15 is 0 Å². The van der Waals surface area contributed by atoms with Gasteiger partial charge in [0.05, 0.1) is 0 Å². The molecule has 0 heterocycles. The van der Waals surface area contributed by atoms with E-state index in [9.17, 15) is 26.0 Å². The number of aryl methyl sites for hydroxylation is 1. The first-order valence-electron chi connectivity index (χ1n) is 5.71. The molecular formula is C13H10BF6O-. The first-order valence-corrected chi connectivity index (χ1v) is 5.71. The summed E-state index contributed by atoms with van der Waals surface area (Å²) in [5.41, 5.74) is 1.02. The van der Waals surface area contributed by atoms with Crippen LogP contribution in [-0.2, 0) is 0 Å². The van der Waals surface area contributed by atoms with Crippen LogP contribution in [0.15, 0.2) is 42.5 Å². The van der Waals surface area contributed by atoms with Gasteiger partial charge in [0, 0.05) is 18.2 Å². The number of hydrogen-bond donors (Lipinski definition) is 0. The van der Waals surface area contributed by atoms with Crippen LogP contribution in [0.25, 0.3) is 0 Å². The minimum atomic E-state index is -6.00. The molecule has 0 amide bonds. The van der Waals surface area contributed by atoms with Gasteiger partial charge in [0.1, 0.15) is 23.1 Å². The van der Waals surface area contributed by atoms with Gasteiger partial charge in [0.25, 0.3) is 0 Å². The van der Waals surface area contributed by atoms with E-state index in [2.05, 4.69) is 0 Å². The fourth-order valence-corrected chi connectivity index (χ4v) is 1.40. The highest BCUT2D eigenvalue weighted by Crippen LogP contribution is 2.23. The van der Waals surface area contributed by atoms with Crippen LogP contribution in [0.1, 0.15) is 5.56 Å². The van der Waals surface area contributed by atoms with Crippen LogP contribution in [0.5, 0.6) is 11.5 Å². The Labute approximate surface area is 117 Å². The normalized spacial score (nSPS) is 10.6. The van der Waals surface area contributed by atoms with Gasteiger partial charge >= 0.3 is 7.25 Å². The molecule has 0 unspecified atom stereocenters. The van der Waals surface area contributed by atoms with E-state index in [0.29, 0.717) is 5.75 Å². The summed E-state index contributed by atoms with van der Waals surface area (Å²) in [6.45, 7) is 1.92. The first-order chi connectivity index (χ1) is 9.63. The zero-order chi connectivity index (χ0) is 16.0. The number of rotatable bonds is 2. The van der Waals surface area contributed by atoms with Gasteiger partial charge in [-0.25, -0.2) is 8.78 Å². The SMILES string of the molecule is Cc1cccc(Oc2cc(F)cc(F)c2)c1.F[B-](F)(F)F. The second kappa shape index (κ2) is 7.05. The van der Waals surface area contributed by atoms with Crippen molar-refractivity contribution in [1.82, 2.24) is 0 Å². The molecule has 0 radical (unpaired) electrons. The number of ether oxygens (including phenoxy) is 1. The Bertz CT molecular complexity index is 573. The molecule has 114 valence electrons. The summed E-state index contributed by atoms with van der Waals surface area (Å²) < 4.78 is 70.1. The molecule has 0 fully saturated rings. The topological polar surface area (TPSA) is 9.23 Å². The Hall–Kier alpha value is -2.12. The standard InChI is InChI=1S/C13H10F2O.BF4/c1-9-3-2-4-12(5-9)16-13-7-10(14)6-11(15)8-13;2-1(3,4)5/h2-8H,1H3;/q;-1. The maximum absolute atomic E-state index is 12.9. The number of benzene rings is 2. The fraction of sp³-hybridized carbons (Fsp3) is 0.0769. The third kappa shape index (κ3) is 7.91. The molecule has 2 rings (SSSR count). The van der Waals surface area contributed by atoms with Gasteiger partial charge in [-0.1, -0.05) is 12.1 Å². The average molecular weight is 307 g/mol. The van der Waals surface area contributed by atoms with Crippen molar-refractivity contribution in [2.45, 2.75) is 6.92 Å². The fourth-order valence-electron chi connectivity index (χ4n) is 1.40. The lowest BCUT2D eigenvalue weighted by atomic mass is 10.2. The Kier molecular flexibility index (Phi) is 5.69. The van der Waals surface area contributed by atoms with E-state index in [-0.39, 0.29) is 5.75 Å². The third-order valence-electron chi connectivity index (χ3n) is 2.06. The second-order valence-corrected chi connectivity index (χ2v) is 4.02. The van der Waals surface area contributed by atoms with Crippen molar-refractivity contribution in [2.24, 2.45) is 0 Å². The van der Waals surface area contributed by atoms with Crippen molar-refractivity contribution in [3.05, 3.63) is 59.7 Å². The van der Waals surface area contributed by atoms with Gasteiger partial charge in [-0.05, 0) is 24.6 Å². The van der Waals surface area contributed by atoms with Crippen LogP contribution < -0.4 is 4.74 Å². The Morgan fingerprint density at radius 3 is 1.81 bits per heavy atom. The molecule has 2 aromatic carbocycles. The van der Waals surface area contributed by atoms with E-state index in [1.165, 1.54) is 0 Å². The van der Waals surface area contributed by atoms with Gasteiger partial charge in [0.15, 0.2) is 0 Å². The van der Waals surface area contributed by atoms with Crippen molar-refractivity contribution in [2.75, 3.05) is 0 Å². The monoisotopic (exact) mass is 307 g/mol. The zero-order valence-corrected chi connectivity index (χ0v) is 10.8. The molecule has 0 saturated heterocycles. The van der Waals surface area contributed by atoms with Crippen LogP contribution in [-0.4, -0.2) is 7.25 Å². The summed E-state index contributed by atoms with van der Waals surface area (Å²) in [4.78, 5) is 0. The Balaban J connectivity index is 0.000000383. The zero-order valence-electron chi connectivity index (χ0n) is 10.8. The molecule has 0 atom stereocenters. The molecule has 0 saturated carbocycles. The summed E-state index contributed by atoms with van der Waals surface area (Å²) in [5, 5.41) is 0. The summed E-state index contributed by atoms with van der Waals surface area (Å²) in [6.07, 6.45) is 0. The van der Waals surface area contributed by atoms with Crippen LogP contribution in [0.2, 0.25) is 0 Å². The van der Waals surface area contributed by atoms with Crippen molar-refractivity contribution in [3.8, 4) is 11.5 Å². The van der Waals surface area contributed by atoms with E-state index in [1.807, 2.05) is 19.1 Å². The van der Waals surface area contributed by atoms with Crippen molar-refractivity contribution in [3.63, 3.8) is 0 Å². The molecule has 0 aliphatic heterocycles. The van der Waals surface area contributed by atoms with E-state index < -0.39 is 18.9 Å². The van der Waals surface area contributed by atoms with Crippen LogP contribution in [0.4, 0.5) is 26.0 Å². The quantitative estimate of drug-likeness (QED) is 0.535. The Morgan fingerprint density at radius 1 is 0.810 bits per heavy atom. The van der Waals surface area contributed by atoms with Crippen molar-refractivity contribution >= 4 is 7.25 Å². The third-order valence-corrected chi connectivity index (χ3v) is 2.06. The molecule has 0 spiro atoms. The summed E-state index contributed by atoms with van der Waals surface area (Å²) in [7, 11) is -6.00. The molecule has 0 aromatic heterocycles. The molecule has 0 N–H and O–H groups in total. The van der Waals surface area contributed by atoms with Gasteiger partial charge in [0.2, 0.25) is 0 Å². The molecule has 1 nitrogen and oxygen atoms in total. The van der Waals surface area contributed by atoms with Gasteiger partial charge in [-0.15, -0.1) is 0 Å². The smallest absolute Gasteiger partial charge is 0.457 e. The minimum absolute atomic E-state index is 0.156. The van der Waals surface area contributed by atoms with Gasteiger partial charge in [-0.2, -0.15) is 0 Å². The van der Waals surface area contributed by atoms with Crippen molar-refractivity contribution in [1.29, 1.82) is 0 Å². The summed E-state index contributed by atoms with van der Waals surface area (Å²) >= 11 is 0. The lowest BCUT2D eigenvalue weighted by molar-refractivity contribution is 0.368. The molecule has 21 heavy (non-hydrogen) atoms. The highest BCUT2D eigenvalue weighted by atomic mass is 19.5. The highest BCUT2D eigenvalue weighted by molar-refractivity contribution is 6.50. The highest BCUT2D eigenvalue weighted by Gasteiger charge is 2.20. The second-order valence-electron chi connectivity index (χ2n) is 4.02. The van der Waals surface area contributed by atoms with Gasteiger partial charge in [-0.3, -0.25) is 0 Å². The summed E-state index contributed by atoms with van der Waals surface area (Å²) in [6, 6.07) is 10.4. The molecule has 0 bridgehead atoms. The predicted octanol–water partition coefficient (Wildman–Crippen LogP) is 5.37. The molecule has 0 aliphatic rings. The lowest BCUT2D eigenvalue weighted by Gasteiger charge is -2.06. The van der Waals surface area contributed by atoms with E-state index in [4.69, 9.17) is 4.74 Å². The van der Waals surface area contributed by atoms with E-state index in [1.54, 1.807) is 12.1 Å². The molecular weight excluding hydrogens is 297 g/mol. The van der Waals surface area contributed by atoms with Crippen LogP contribution in [0.3, 0.4) is 0 Å². The van der Waals surface area contributed by atoms with Crippen LogP contribution >= 0.6 is 0 Å². The van der Waals surface area contributed by atoms with Gasteiger partial charge < -0.3 is 22.0 Å². The van der Waals surface area contributed by atoms with Crippen LogP contribution in [0, 0.1) is 18.6 Å². The maximum atomic E-state index is 12.9. The number of hydrogen-bond acceptors (Lipinski definition) is 1. The predicted molar refractivity (Wildman–Crippen MR) is 67.8 cm³/mol. The lowest BCUT2D eigenvalue weighted by Crippen LogP contribution is -2.02. The maximum Gasteiger partial charge on any atom is 0.673 e. The van der Waals surface area contributed by atoms with Crippen molar-refractivity contribution < 1.29 is 30.8 Å². The summed E-state index contributed by atoms with van der Waals surface area (Å²) in [5.74, 6) is -0.585. The van der Waals surface area contributed by atoms with E-state index in [0.717, 1.165) is 23.8 Å². The molecule has 0 aliphatic carbocycles. The largest absolute Gasteiger partial charge is 0.673 e. The number of halogens is 6. The molecule has 8 heteroatoms. The average Bonchev–Trinajstić information content (AvgIpc) is 2.24.